The molecule has 10 heteroatoms. The van der Waals surface area contributed by atoms with Crippen LogP contribution in [0.15, 0.2) is 30.5 Å². The molecule has 0 spiro atoms. The molecule has 0 aliphatic carbocycles. The molecule has 0 N–H and O–H groups in total. The van der Waals surface area contributed by atoms with Crippen LogP contribution in [-0.2, 0) is 12.4 Å². The quantitative estimate of drug-likeness (QED) is 0.366. The molecule has 0 aliphatic rings. The second-order valence-corrected chi connectivity index (χ2v) is 7.61. The molecule has 1 aromatic carbocycles. The predicted octanol–water partition coefficient (Wildman–Crippen LogP) is 6.40. The average molecular weight is 492 g/mol. The van der Waals surface area contributed by atoms with E-state index in [1.807, 2.05) is 6.92 Å². The highest BCUT2D eigenvalue weighted by Crippen LogP contribution is 2.38. The van der Waals surface area contributed by atoms with E-state index in [0.717, 1.165) is 0 Å². The second-order valence-electron chi connectivity index (χ2n) is 5.18. The van der Waals surface area contributed by atoms with E-state index in [-0.39, 0.29) is 27.1 Å². The first-order valence-corrected chi connectivity index (χ1v) is 8.63. The van der Waals surface area contributed by atoms with Gasteiger partial charge < -0.3 is 0 Å². The van der Waals surface area contributed by atoms with Gasteiger partial charge in [-0.1, -0.05) is 38.8 Å². The van der Waals surface area contributed by atoms with Gasteiger partial charge in [0.25, 0.3) is 0 Å². The molecule has 1 heterocycles. The minimum Gasteiger partial charge on any atom is -0.237 e. The number of halogens is 8. The first-order chi connectivity index (χ1) is 11.4. The van der Waals surface area contributed by atoms with Gasteiger partial charge >= 0.3 is 12.4 Å². The summed E-state index contributed by atoms with van der Waals surface area (Å²) < 4.78 is 77.7. The molecule has 2 nitrogen and oxygen atoms in total. The van der Waals surface area contributed by atoms with Crippen LogP contribution in [0.3, 0.4) is 0 Å². The fourth-order valence-corrected chi connectivity index (χ4v) is 2.51. The lowest BCUT2D eigenvalue weighted by molar-refractivity contribution is -0.143. The number of rotatable bonds is 3. The Morgan fingerprint density at radius 3 is 1.88 bits per heavy atom. The van der Waals surface area contributed by atoms with Crippen molar-refractivity contribution in [2.75, 3.05) is 0 Å². The van der Waals surface area contributed by atoms with E-state index in [9.17, 15) is 26.3 Å². The molecule has 25 heavy (non-hydrogen) atoms. The second kappa shape index (κ2) is 7.22. The van der Waals surface area contributed by atoms with E-state index < -0.39 is 23.5 Å². The van der Waals surface area contributed by atoms with E-state index in [1.54, 1.807) is 0 Å². The van der Waals surface area contributed by atoms with Gasteiger partial charge in [-0.3, -0.25) is 0 Å². The van der Waals surface area contributed by atoms with Gasteiger partial charge in [-0.25, -0.2) is 9.97 Å². The van der Waals surface area contributed by atoms with Crippen LogP contribution in [0.2, 0.25) is 0 Å². The van der Waals surface area contributed by atoms with Crippen molar-refractivity contribution in [3.63, 3.8) is 0 Å². The summed E-state index contributed by atoms with van der Waals surface area (Å²) in [7, 11) is 0. The maximum absolute atomic E-state index is 12.9. The van der Waals surface area contributed by atoms with Crippen molar-refractivity contribution in [1.82, 2.24) is 9.97 Å². The van der Waals surface area contributed by atoms with E-state index in [4.69, 9.17) is 0 Å². The number of nitrogens with zero attached hydrogens (tertiary/aromatic N) is 2. The molecule has 2 atom stereocenters. The molecule has 0 radical (unpaired) electrons. The monoisotopic (exact) mass is 490 g/mol. The summed E-state index contributed by atoms with van der Waals surface area (Å²) in [5.41, 5.74) is -2.74. The normalized spacial score (nSPS) is 15.1. The van der Waals surface area contributed by atoms with E-state index >= 15 is 0 Å². The van der Waals surface area contributed by atoms with Gasteiger partial charge in [0.15, 0.2) is 5.82 Å². The van der Waals surface area contributed by atoms with Crippen LogP contribution in [0.5, 0.6) is 0 Å². The lowest BCUT2D eigenvalue weighted by atomic mass is 10.0. The van der Waals surface area contributed by atoms with Gasteiger partial charge in [-0.05, 0) is 24.3 Å². The van der Waals surface area contributed by atoms with Crippen molar-refractivity contribution in [2.24, 2.45) is 0 Å². The van der Waals surface area contributed by atoms with Crippen LogP contribution in [0.4, 0.5) is 26.3 Å². The molecular weight excluding hydrogens is 482 g/mol. The molecule has 2 aromatic rings. The molecule has 136 valence electrons. The molecule has 1 aromatic heterocycles. The smallest absolute Gasteiger partial charge is 0.237 e. The van der Waals surface area contributed by atoms with Crippen molar-refractivity contribution >= 4 is 31.9 Å². The lowest BCUT2D eigenvalue weighted by Gasteiger charge is -2.15. The predicted molar refractivity (Wildman–Crippen MR) is 87.5 cm³/mol. The first kappa shape index (κ1) is 20.2. The topological polar surface area (TPSA) is 25.8 Å². The summed E-state index contributed by atoms with van der Waals surface area (Å²) in [6, 6.07) is 2.81. The summed E-state index contributed by atoms with van der Waals surface area (Å²) in [6.07, 6.45) is -8.55. The number of hydrogen-bond acceptors (Lipinski definition) is 2. The Balaban J connectivity index is 2.61. The van der Waals surface area contributed by atoms with Crippen LogP contribution in [-0.4, -0.2) is 14.8 Å². The third-order valence-electron chi connectivity index (χ3n) is 3.21. The maximum atomic E-state index is 12.9. The molecule has 0 bridgehead atoms. The minimum absolute atomic E-state index is 0.0671. The van der Waals surface area contributed by atoms with Gasteiger partial charge in [-0.2, -0.15) is 26.3 Å². The average Bonchev–Trinajstić information content (AvgIpc) is 2.52. The lowest BCUT2D eigenvalue weighted by Crippen LogP contribution is -2.11. The summed E-state index contributed by atoms with van der Waals surface area (Å²) in [5, 5.41) is 0. The summed E-state index contributed by atoms with van der Waals surface area (Å²) in [4.78, 5) is 7.55. The number of hydrogen-bond donors (Lipinski definition) is 0. The molecular formula is C15H10Br2F6N2. The zero-order valence-electron chi connectivity index (χ0n) is 12.5. The summed E-state index contributed by atoms with van der Waals surface area (Å²) >= 11 is 6.68. The molecule has 0 aliphatic heterocycles. The van der Waals surface area contributed by atoms with Gasteiger partial charge in [0.1, 0.15) is 0 Å². The largest absolute Gasteiger partial charge is 0.416 e. The van der Waals surface area contributed by atoms with Crippen LogP contribution in [0.1, 0.15) is 28.6 Å². The van der Waals surface area contributed by atoms with Gasteiger partial charge in [-0.15, -0.1) is 0 Å². The Morgan fingerprint density at radius 1 is 0.920 bits per heavy atom. The Labute approximate surface area is 155 Å². The van der Waals surface area contributed by atoms with Crippen molar-refractivity contribution < 1.29 is 26.3 Å². The molecule has 2 rings (SSSR count). The zero-order valence-corrected chi connectivity index (χ0v) is 15.6. The highest BCUT2D eigenvalue weighted by atomic mass is 79.9. The highest BCUT2D eigenvalue weighted by Gasteiger charge is 2.37. The highest BCUT2D eigenvalue weighted by molar-refractivity contribution is 9.12. The molecule has 0 saturated carbocycles. The number of alkyl halides is 8. The third-order valence-corrected chi connectivity index (χ3v) is 5.71. The van der Waals surface area contributed by atoms with Crippen molar-refractivity contribution in [2.45, 2.75) is 28.9 Å². The summed E-state index contributed by atoms with van der Waals surface area (Å²) in [5.74, 6) is -0.216. The first-order valence-electron chi connectivity index (χ1n) is 6.80. The molecule has 0 fully saturated rings. The Kier molecular flexibility index (Phi) is 5.82. The fourth-order valence-electron chi connectivity index (χ4n) is 1.98. The molecule has 0 saturated heterocycles. The van der Waals surface area contributed by atoms with Crippen LogP contribution in [0.25, 0.3) is 11.4 Å². The fraction of sp³-hybridized carbons (Fsp3) is 0.333. The molecule has 2 unspecified atom stereocenters. The van der Waals surface area contributed by atoms with Crippen LogP contribution >= 0.6 is 31.9 Å². The van der Waals surface area contributed by atoms with Crippen LogP contribution < -0.4 is 0 Å². The number of aromatic nitrogens is 2. The Hall–Kier alpha value is -1.16. The van der Waals surface area contributed by atoms with E-state index in [1.165, 1.54) is 12.3 Å². The van der Waals surface area contributed by atoms with E-state index in [2.05, 4.69) is 41.8 Å². The standard InChI is InChI=1S/C15H10Br2F6N2/c1-7(16)12(17)11-2-3-24-13(25-11)8-4-9(14(18,19)20)6-10(5-8)15(21,22)23/h2-7,12H,1H3. The number of benzene rings is 1. The minimum atomic E-state index is -4.92. The van der Waals surface area contributed by atoms with Crippen LogP contribution in [0, 0.1) is 0 Å². The summed E-state index contributed by atoms with van der Waals surface area (Å²) in [6.45, 7) is 1.81. The van der Waals surface area contributed by atoms with Gasteiger partial charge in [0, 0.05) is 16.6 Å². The Morgan fingerprint density at radius 2 is 1.44 bits per heavy atom. The maximum Gasteiger partial charge on any atom is 0.416 e. The van der Waals surface area contributed by atoms with Crippen molar-refractivity contribution in [3.8, 4) is 11.4 Å². The van der Waals surface area contributed by atoms with Crippen molar-refractivity contribution in [1.29, 1.82) is 0 Å². The van der Waals surface area contributed by atoms with Crippen molar-refractivity contribution in [3.05, 3.63) is 47.3 Å². The third kappa shape index (κ3) is 4.93. The van der Waals surface area contributed by atoms with E-state index in [0.29, 0.717) is 17.8 Å². The van der Waals surface area contributed by atoms with Gasteiger partial charge in [0.2, 0.25) is 0 Å². The van der Waals surface area contributed by atoms with Gasteiger partial charge in [0.05, 0.1) is 21.6 Å². The zero-order chi connectivity index (χ0) is 19.0. The SMILES string of the molecule is CC(Br)C(Br)c1ccnc(-c2cc(C(F)(F)F)cc(C(F)(F)F)c2)n1. The molecule has 0 amide bonds. The Bertz CT molecular complexity index is 726.